The summed E-state index contributed by atoms with van der Waals surface area (Å²) >= 11 is 1.19. The molecule has 0 aliphatic heterocycles. The van der Waals surface area contributed by atoms with Crippen molar-refractivity contribution in [2.24, 2.45) is 5.92 Å². The second-order valence-electron chi connectivity index (χ2n) is 5.86. The van der Waals surface area contributed by atoms with Crippen LogP contribution in [0, 0.1) is 27.4 Å². The summed E-state index contributed by atoms with van der Waals surface area (Å²) in [6, 6.07) is 6.06. The molecule has 1 aliphatic carbocycles. The van der Waals surface area contributed by atoms with E-state index in [2.05, 4.69) is 11.4 Å². The highest BCUT2D eigenvalue weighted by Crippen LogP contribution is 2.39. The lowest BCUT2D eigenvalue weighted by Crippen LogP contribution is -2.48. The molecule has 132 valence electrons. The quantitative estimate of drug-likeness (QED) is 0.341. The molecule has 1 aromatic rings. The van der Waals surface area contributed by atoms with Gasteiger partial charge in [-0.2, -0.15) is 5.26 Å². The molecular weight excluding hydrogens is 346 g/mol. The zero-order valence-electron chi connectivity index (χ0n) is 13.8. The minimum absolute atomic E-state index is 0.0115. The molecule has 1 aliphatic rings. The number of nitro benzene ring substituents is 1. The van der Waals surface area contributed by atoms with Gasteiger partial charge in [0, 0.05) is 6.07 Å². The van der Waals surface area contributed by atoms with Crippen LogP contribution in [0.3, 0.4) is 0 Å². The van der Waals surface area contributed by atoms with Crippen LogP contribution in [0.1, 0.15) is 30.1 Å². The Morgan fingerprint density at radius 3 is 2.72 bits per heavy atom. The minimum Gasteiger partial charge on any atom is -0.452 e. The van der Waals surface area contributed by atoms with Crippen LogP contribution in [-0.2, 0) is 9.53 Å². The van der Waals surface area contributed by atoms with Crippen molar-refractivity contribution >= 4 is 29.3 Å². The van der Waals surface area contributed by atoms with E-state index in [4.69, 9.17) is 4.74 Å². The molecule has 0 spiro atoms. The number of esters is 1. The maximum Gasteiger partial charge on any atom is 0.338 e. The molecule has 0 unspecified atom stereocenters. The normalized spacial score (nSPS) is 15.6. The molecule has 25 heavy (non-hydrogen) atoms. The molecule has 1 saturated carbocycles. The molecule has 0 radical (unpaired) electrons. The van der Waals surface area contributed by atoms with Crippen LogP contribution >= 0.6 is 11.8 Å². The summed E-state index contributed by atoms with van der Waals surface area (Å²) in [5, 5.41) is 22.8. The summed E-state index contributed by atoms with van der Waals surface area (Å²) in [4.78, 5) is 34.8. The minimum atomic E-state index is -0.970. The predicted octanol–water partition coefficient (Wildman–Crippen LogP) is 2.28. The molecule has 1 fully saturated rings. The lowest BCUT2D eigenvalue weighted by Gasteiger charge is -2.22. The number of carbonyl (C=O) groups is 2. The maximum atomic E-state index is 12.0. The lowest BCUT2D eigenvalue weighted by molar-refractivity contribution is -0.387. The van der Waals surface area contributed by atoms with E-state index in [1.807, 2.05) is 0 Å². The molecule has 9 heteroatoms. The highest BCUT2D eigenvalue weighted by Gasteiger charge is 2.43. The fourth-order valence-corrected chi connectivity index (χ4v) is 2.93. The highest BCUT2D eigenvalue weighted by atomic mass is 32.2. The first kappa shape index (κ1) is 18.7. The van der Waals surface area contributed by atoms with E-state index < -0.39 is 28.9 Å². The largest absolute Gasteiger partial charge is 0.452 e. The number of nitro groups is 1. The third kappa shape index (κ3) is 4.48. The van der Waals surface area contributed by atoms with Gasteiger partial charge in [0.2, 0.25) is 0 Å². The molecule has 1 amide bonds. The van der Waals surface area contributed by atoms with Gasteiger partial charge in [-0.3, -0.25) is 14.9 Å². The summed E-state index contributed by atoms with van der Waals surface area (Å²) in [6.45, 7) is 1.08. The van der Waals surface area contributed by atoms with Gasteiger partial charge in [0.05, 0.1) is 21.5 Å². The summed E-state index contributed by atoms with van der Waals surface area (Å²) in [7, 11) is 0. The number of amides is 1. The Balaban J connectivity index is 1.98. The van der Waals surface area contributed by atoms with Crippen molar-refractivity contribution in [1.29, 1.82) is 5.26 Å². The van der Waals surface area contributed by atoms with Gasteiger partial charge in [-0.1, -0.05) is 0 Å². The first-order valence-corrected chi connectivity index (χ1v) is 8.75. The third-order valence-electron chi connectivity index (χ3n) is 3.97. The van der Waals surface area contributed by atoms with Crippen molar-refractivity contribution in [3.05, 3.63) is 33.9 Å². The standard InChI is InChI=1S/C16H17N3O5S/c1-16(9-17,11-4-5-11)18-14(20)8-24-15(21)10-3-6-13(25-2)12(7-10)19(22)23/h3,6-7,11H,4-5,8H2,1-2H3,(H,18,20)/t16-/m0/s1. The first-order valence-electron chi connectivity index (χ1n) is 7.52. The number of carbonyl (C=O) groups excluding carboxylic acids is 2. The second kappa shape index (κ2) is 7.53. The topological polar surface area (TPSA) is 122 Å². The van der Waals surface area contributed by atoms with E-state index in [9.17, 15) is 25.0 Å². The van der Waals surface area contributed by atoms with Gasteiger partial charge in [-0.15, -0.1) is 11.8 Å². The van der Waals surface area contributed by atoms with Gasteiger partial charge >= 0.3 is 5.97 Å². The highest BCUT2D eigenvalue weighted by molar-refractivity contribution is 7.98. The molecule has 1 atom stereocenters. The fourth-order valence-electron chi connectivity index (χ4n) is 2.38. The Labute approximate surface area is 148 Å². The molecule has 0 saturated heterocycles. The summed E-state index contributed by atoms with van der Waals surface area (Å²) < 4.78 is 4.90. The Bertz CT molecular complexity index is 757. The number of rotatable bonds is 7. The molecule has 1 N–H and O–H groups in total. The van der Waals surface area contributed by atoms with E-state index in [1.54, 1.807) is 13.2 Å². The van der Waals surface area contributed by atoms with E-state index in [-0.39, 0.29) is 17.2 Å². The molecule has 0 heterocycles. The van der Waals surface area contributed by atoms with E-state index in [1.165, 1.54) is 23.9 Å². The van der Waals surface area contributed by atoms with Crippen LogP contribution in [0.2, 0.25) is 0 Å². The SMILES string of the molecule is CSc1ccc(C(=O)OCC(=O)N[C@@](C)(C#N)C2CC2)cc1[N+](=O)[O-]. The smallest absolute Gasteiger partial charge is 0.338 e. The van der Waals surface area contributed by atoms with E-state index in [0.717, 1.165) is 18.9 Å². The predicted molar refractivity (Wildman–Crippen MR) is 90.0 cm³/mol. The number of hydrogen-bond donors (Lipinski definition) is 1. The monoisotopic (exact) mass is 363 g/mol. The number of nitriles is 1. The van der Waals surface area contributed by atoms with Gasteiger partial charge in [0.15, 0.2) is 6.61 Å². The third-order valence-corrected chi connectivity index (χ3v) is 4.76. The van der Waals surface area contributed by atoms with Gasteiger partial charge in [0.1, 0.15) is 5.54 Å². The van der Waals surface area contributed by atoms with Crippen molar-refractivity contribution < 1.29 is 19.2 Å². The van der Waals surface area contributed by atoms with Crippen molar-refractivity contribution in [3.8, 4) is 6.07 Å². The van der Waals surface area contributed by atoms with Crippen molar-refractivity contribution in [1.82, 2.24) is 5.32 Å². The zero-order valence-corrected chi connectivity index (χ0v) is 14.6. The molecule has 8 nitrogen and oxygen atoms in total. The Morgan fingerprint density at radius 2 is 2.20 bits per heavy atom. The second-order valence-corrected chi connectivity index (χ2v) is 6.70. The average Bonchev–Trinajstić information content (AvgIpc) is 3.44. The van der Waals surface area contributed by atoms with Crippen LogP contribution in [-0.4, -0.2) is 35.2 Å². The van der Waals surface area contributed by atoms with Crippen LogP contribution in [0.4, 0.5) is 5.69 Å². The fraction of sp³-hybridized carbons (Fsp3) is 0.438. The Morgan fingerprint density at radius 1 is 1.52 bits per heavy atom. The van der Waals surface area contributed by atoms with Crippen molar-refractivity contribution in [3.63, 3.8) is 0 Å². The Hall–Kier alpha value is -2.60. The average molecular weight is 363 g/mol. The van der Waals surface area contributed by atoms with Gasteiger partial charge < -0.3 is 10.1 Å². The van der Waals surface area contributed by atoms with E-state index >= 15 is 0 Å². The molecule has 1 aromatic carbocycles. The van der Waals surface area contributed by atoms with Crippen LogP contribution < -0.4 is 5.32 Å². The molecular formula is C16H17N3O5S. The Kier molecular flexibility index (Phi) is 5.64. The summed E-state index contributed by atoms with van der Waals surface area (Å²) in [5.74, 6) is -1.31. The zero-order chi connectivity index (χ0) is 18.6. The molecule has 2 rings (SSSR count). The van der Waals surface area contributed by atoms with E-state index in [0.29, 0.717) is 4.90 Å². The van der Waals surface area contributed by atoms with Gasteiger partial charge in [-0.05, 0) is 44.1 Å². The van der Waals surface area contributed by atoms with Crippen molar-refractivity contribution in [2.75, 3.05) is 12.9 Å². The number of ether oxygens (including phenoxy) is 1. The first-order chi connectivity index (χ1) is 11.8. The van der Waals surface area contributed by atoms with Crippen LogP contribution in [0.15, 0.2) is 23.1 Å². The van der Waals surface area contributed by atoms with Crippen LogP contribution in [0.5, 0.6) is 0 Å². The summed E-state index contributed by atoms with van der Waals surface area (Å²) in [6.07, 6.45) is 3.43. The number of hydrogen-bond acceptors (Lipinski definition) is 7. The molecule has 0 bridgehead atoms. The molecule has 0 aromatic heterocycles. The number of thioether (sulfide) groups is 1. The lowest BCUT2D eigenvalue weighted by atomic mass is 9.98. The van der Waals surface area contributed by atoms with Gasteiger partial charge in [-0.25, -0.2) is 4.79 Å². The van der Waals surface area contributed by atoms with Gasteiger partial charge in [0.25, 0.3) is 11.6 Å². The summed E-state index contributed by atoms with van der Waals surface area (Å²) in [5.41, 5.74) is -1.18. The van der Waals surface area contributed by atoms with Crippen molar-refractivity contribution in [2.45, 2.75) is 30.2 Å². The number of nitrogens with zero attached hydrogens (tertiary/aromatic N) is 2. The number of benzene rings is 1. The number of nitrogens with one attached hydrogen (secondary N) is 1. The maximum absolute atomic E-state index is 12.0. The van der Waals surface area contributed by atoms with Crippen LogP contribution in [0.25, 0.3) is 0 Å².